The third-order valence-electron chi connectivity index (χ3n) is 3.72. The number of amides is 1. The smallest absolute Gasteiger partial charge is 0.222 e. The molecule has 0 radical (unpaired) electrons. The van der Waals surface area contributed by atoms with E-state index in [2.05, 4.69) is 5.32 Å². The number of aryl methyl sites for hydroxylation is 1. The van der Waals surface area contributed by atoms with Gasteiger partial charge in [-0.3, -0.25) is 4.79 Å². The molecule has 1 amide bonds. The molecule has 2 N–H and O–H groups in total. The number of nitrogens with one attached hydrogen (secondary N) is 1. The molecule has 18 heavy (non-hydrogen) atoms. The summed E-state index contributed by atoms with van der Waals surface area (Å²) in [5.74, 6) is 0.592. The monoisotopic (exact) mass is 248 g/mol. The minimum absolute atomic E-state index is 0.135. The zero-order chi connectivity index (χ0) is 12.5. The minimum Gasteiger partial charge on any atom is -0.388 e. The highest BCUT2D eigenvalue weighted by Gasteiger charge is 2.31. The molecule has 1 atom stereocenters. The zero-order valence-electron chi connectivity index (χ0n) is 10.5. The number of nitrogens with zero attached hydrogens (tertiary/aromatic N) is 1. The third kappa shape index (κ3) is 2.93. The van der Waals surface area contributed by atoms with Gasteiger partial charge in [0.2, 0.25) is 5.91 Å². The Morgan fingerprint density at radius 1 is 1.44 bits per heavy atom. The molecule has 1 aromatic rings. The summed E-state index contributed by atoms with van der Waals surface area (Å²) in [6.45, 7) is 0.690. The summed E-state index contributed by atoms with van der Waals surface area (Å²) < 4.78 is 1.99. The largest absolute Gasteiger partial charge is 0.388 e. The van der Waals surface area contributed by atoms with E-state index in [-0.39, 0.29) is 12.0 Å². The average Bonchev–Trinajstić information content (AvgIpc) is 3.26. The van der Waals surface area contributed by atoms with E-state index in [1.54, 1.807) is 0 Å². The first-order valence-electron chi connectivity index (χ1n) is 6.85. The fourth-order valence-electron chi connectivity index (χ4n) is 2.22. The van der Waals surface area contributed by atoms with Crippen molar-refractivity contribution in [3.8, 4) is 0 Å². The summed E-state index contributed by atoms with van der Waals surface area (Å²) in [5, 5.41) is 13.0. The van der Waals surface area contributed by atoms with E-state index in [1.807, 2.05) is 23.0 Å². The summed E-state index contributed by atoms with van der Waals surface area (Å²) in [6.07, 6.45) is 8.65. The lowest BCUT2D eigenvalue weighted by atomic mass is 10.1. The lowest BCUT2D eigenvalue weighted by molar-refractivity contribution is -0.121. The van der Waals surface area contributed by atoms with Gasteiger partial charge in [0, 0.05) is 31.4 Å². The molecular formula is C14H20N2O2. The summed E-state index contributed by atoms with van der Waals surface area (Å²) in [4.78, 5) is 11.6. The number of carbonyl (C=O) groups is 1. The standard InChI is InChI=1S/C14H20N2O2/c17-13(15-12-3-4-12)6-8-16-7-5-11(9-16)14(18)10-1-2-10/h5,7,9-10,12,14,18H,1-4,6,8H2,(H,15,17). The van der Waals surface area contributed by atoms with Crippen LogP contribution < -0.4 is 5.32 Å². The third-order valence-corrected chi connectivity index (χ3v) is 3.72. The van der Waals surface area contributed by atoms with Gasteiger partial charge in [-0.05, 0) is 43.2 Å². The number of hydrogen-bond donors (Lipinski definition) is 2. The van der Waals surface area contributed by atoms with Gasteiger partial charge >= 0.3 is 0 Å². The van der Waals surface area contributed by atoms with Gasteiger partial charge in [0.05, 0.1) is 6.10 Å². The second-order valence-corrected chi connectivity index (χ2v) is 5.56. The van der Waals surface area contributed by atoms with Gasteiger partial charge in [0.15, 0.2) is 0 Å². The van der Waals surface area contributed by atoms with Crippen LogP contribution >= 0.6 is 0 Å². The fourth-order valence-corrected chi connectivity index (χ4v) is 2.22. The molecule has 0 aromatic carbocycles. The van der Waals surface area contributed by atoms with Gasteiger partial charge in [0.1, 0.15) is 0 Å². The molecule has 1 heterocycles. The van der Waals surface area contributed by atoms with Crippen LogP contribution in [0.2, 0.25) is 0 Å². The molecule has 1 aromatic heterocycles. The Kier molecular flexibility index (Phi) is 3.12. The van der Waals surface area contributed by atoms with Crippen molar-refractivity contribution in [2.24, 2.45) is 5.92 Å². The molecule has 2 aliphatic carbocycles. The summed E-state index contributed by atoms with van der Waals surface area (Å²) in [5.41, 5.74) is 0.986. The second-order valence-electron chi connectivity index (χ2n) is 5.56. The quantitative estimate of drug-likeness (QED) is 0.803. The first-order chi connectivity index (χ1) is 8.72. The molecule has 0 saturated heterocycles. The lowest BCUT2D eigenvalue weighted by Crippen LogP contribution is -2.26. The molecule has 4 heteroatoms. The van der Waals surface area contributed by atoms with Crippen LogP contribution in [-0.2, 0) is 11.3 Å². The van der Waals surface area contributed by atoms with E-state index in [1.165, 1.54) is 0 Å². The van der Waals surface area contributed by atoms with Crippen molar-refractivity contribution in [2.45, 2.75) is 50.8 Å². The van der Waals surface area contributed by atoms with Crippen LogP contribution in [0.3, 0.4) is 0 Å². The second kappa shape index (κ2) is 4.76. The number of carbonyl (C=O) groups excluding carboxylic acids is 1. The van der Waals surface area contributed by atoms with Gasteiger partial charge < -0.3 is 15.0 Å². The summed E-state index contributed by atoms with van der Waals surface area (Å²) in [6, 6.07) is 2.40. The normalized spacial score (nSPS) is 20.7. The molecule has 4 nitrogen and oxygen atoms in total. The van der Waals surface area contributed by atoms with E-state index in [9.17, 15) is 9.90 Å². The minimum atomic E-state index is -0.313. The SMILES string of the molecule is O=C(CCn1ccc(C(O)C2CC2)c1)NC1CC1. The van der Waals surface area contributed by atoms with E-state index in [0.717, 1.165) is 31.2 Å². The van der Waals surface area contributed by atoms with Crippen LogP contribution in [0.25, 0.3) is 0 Å². The van der Waals surface area contributed by atoms with Gasteiger partial charge in [-0.1, -0.05) is 0 Å². The van der Waals surface area contributed by atoms with Gasteiger partial charge in [-0.2, -0.15) is 0 Å². The highest BCUT2D eigenvalue weighted by molar-refractivity contribution is 5.76. The van der Waals surface area contributed by atoms with Crippen molar-refractivity contribution < 1.29 is 9.90 Å². The Bertz CT molecular complexity index is 433. The lowest BCUT2D eigenvalue weighted by Gasteiger charge is -2.06. The van der Waals surface area contributed by atoms with E-state index in [4.69, 9.17) is 0 Å². The number of aliphatic hydroxyl groups excluding tert-OH is 1. The number of aromatic nitrogens is 1. The first-order valence-corrected chi connectivity index (χ1v) is 6.85. The van der Waals surface area contributed by atoms with Crippen LogP contribution in [0.15, 0.2) is 18.5 Å². The zero-order valence-corrected chi connectivity index (χ0v) is 10.5. The molecule has 2 aliphatic rings. The van der Waals surface area contributed by atoms with Crippen molar-refractivity contribution in [1.29, 1.82) is 0 Å². The molecule has 2 saturated carbocycles. The topological polar surface area (TPSA) is 54.3 Å². The molecule has 1 unspecified atom stereocenters. The van der Waals surface area contributed by atoms with Crippen molar-refractivity contribution in [1.82, 2.24) is 9.88 Å². The number of hydrogen-bond acceptors (Lipinski definition) is 2. The van der Waals surface area contributed by atoms with Crippen molar-refractivity contribution >= 4 is 5.91 Å². The Labute approximate surface area is 107 Å². The van der Waals surface area contributed by atoms with Gasteiger partial charge in [-0.15, -0.1) is 0 Å². The highest BCUT2D eigenvalue weighted by Crippen LogP contribution is 2.40. The Balaban J connectivity index is 1.48. The molecular weight excluding hydrogens is 228 g/mol. The van der Waals surface area contributed by atoms with Crippen molar-refractivity contribution in [2.75, 3.05) is 0 Å². The number of aliphatic hydroxyl groups is 1. The van der Waals surface area contributed by atoms with Crippen LogP contribution in [0, 0.1) is 5.92 Å². The van der Waals surface area contributed by atoms with Gasteiger partial charge in [-0.25, -0.2) is 0 Å². The van der Waals surface area contributed by atoms with Crippen molar-refractivity contribution in [3.63, 3.8) is 0 Å². The molecule has 2 fully saturated rings. The van der Waals surface area contributed by atoms with E-state index < -0.39 is 0 Å². The Morgan fingerprint density at radius 2 is 2.22 bits per heavy atom. The van der Waals surface area contributed by atoms with Crippen LogP contribution in [0.1, 0.15) is 43.8 Å². The fraction of sp³-hybridized carbons (Fsp3) is 0.643. The maximum absolute atomic E-state index is 11.6. The van der Waals surface area contributed by atoms with Crippen LogP contribution in [0.4, 0.5) is 0 Å². The van der Waals surface area contributed by atoms with E-state index in [0.29, 0.717) is 24.9 Å². The van der Waals surface area contributed by atoms with Gasteiger partial charge in [0.25, 0.3) is 0 Å². The molecule has 0 bridgehead atoms. The Hall–Kier alpha value is -1.29. The summed E-state index contributed by atoms with van der Waals surface area (Å²) in [7, 11) is 0. The Morgan fingerprint density at radius 3 is 2.89 bits per heavy atom. The van der Waals surface area contributed by atoms with Crippen molar-refractivity contribution in [3.05, 3.63) is 24.0 Å². The van der Waals surface area contributed by atoms with Crippen LogP contribution in [-0.4, -0.2) is 21.6 Å². The summed E-state index contributed by atoms with van der Waals surface area (Å²) >= 11 is 0. The molecule has 0 spiro atoms. The maximum atomic E-state index is 11.6. The highest BCUT2D eigenvalue weighted by atomic mass is 16.3. The predicted molar refractivity (Wildman–Crippen MR) is 67.9 cm³/mol. The van der Waals surface area contributed by atoms with Crippen LogP contribution in [0.5, 0.6) is 0 Å². The molecule has 3 rings (SSSR count). The maximum Gasteiger partial charge on any atom is 0.222 e. The average molecular weight is 248 g/mol. The van der Waals surface area contributed by atoms with E-state index >= 15 is 0 Å². The number of rotatable bonds is 6. The predicted octanol–water partition coefficient (Wildman–Crippen LogP) is 1.60. The molecule has 0 aliphatic heterocycles. The molecule has 98 valence electrons. The first kappa shape index (κ1) is 11.8.